The van der Waals surface area contributed by atoms with Crippen LogP contribution < -0.4 is 5.32 Å². The van der Waals surface area contributed by atoms with Crippen LogP contribution in [0.25, 0.3) is 0 Å². The molecule has 1 unspecified atom stereocenters. The molecule has 3 heteroatoms. The Labute approximate surface area is 111 Å². The standard InChI is InChI=1S/C15H28N2O/c1-17(14-4-2-3-5-14)11-15(8-9-18-12-15)10-16-13-6-7-13/h13-14,16H,2-12H2,1H3. The van der Waals surface area contributed by atoms with Crippen LogP contribution in [0.3, 0.4) is 0 Å². The third kappa shape index (κ3) is 3.06. The Morgan fingerprint density at radius 2 is 2.00 bits per heavy atom. The maximum atomic E-state index is 5.71. The first-order valence-corrected chi connectivity index (χ1v) is 7.79. The van der Waals surface area contributed by atoms with Gasteiger partial charge in [-0.1, -0.05) is 12.8 Å². The van der Waals surface area contributed by atoms with Gasteiger partial charge in [-0.15, -0.1) is 0 Å². The first kappa shape index (κ1) is 12.9. The zero-order valence-corrected chi connectivity index (χ0v) is 11.8. The summed E-state index contributed by atoms with van der Waals surface area (Å²) in [5.74, 6) is 0. The third-order valence-corrected chi connectivity index (χ3v) is 5.06. The average Bonchev–Trinajstić information content (AvgIpc) is 2.87. The van der Waals surface area contributed by atoms with E-state index in [9.17, 15) is 0 Å². The average molecular weight is 252 g/mol. The number of hydrogen-bond donors (Lipinski definition) is 1. The van der Waals surface area contributed by atoms with E-state index in [1.807, 2.05) is 0 Å². The number of nitrogens with zero attached hydrogens (tertiary/aromatic N) is 1. The molecule has 2 saturated carbocycles. The molecule has 3 fully saturated rings. The molecule has 0 aromatic carbocycles. The summed E-state index contributed by atoms with van der Waals surface area (Å²) in [6, 6.07) is 1.66. The van der Waals surface area contributed by atoms with Crippen LogP contribution in [0.5, 0.6) is 0 Å². The van der Waals surface area contributed by atoms with Crippen LogP contribution in [0.1, 0.15) is 44.9 Å². The number of rotatable bonds is 6. The van der Waals surface area contributed by atoms with Gasteiger partial charge in [-0.25, -0.2) is 0 Å². The van der Waals surface area contributed by atoms with Gasteiger partial charge in [0.2, 0.25) is 0 Å². The van der Waals surface area contributed by atoms with Crippen molar-refractivity contribution >= 4 is 0 Å². The summed E-state index contributed by atoms with van der Waals surface area (Å²) in [5.41, 5.74) is 0.389. The van der Waals surface area contributed by atoms with E-state index in [1.165, 1.54) is 51.5 Å². The number of nitrogens with one attached hydrogen (secondary N) is 1. The van der Waals surface area contributed by atoms with Crippen LogP contribution in [-0.2, 0) is 4.74 Å². The van der Waals surface area contributed by atoms with E-state index in [1.54, 1.807) is 0 Å². The zero-order chi connectivity index (χ0) is 12.4. The Morgan fingerprint density at radius 3 is 2.61 bits per heavy atom. The van der Waals surface area contributed by atoms with E-state index in [2.05, 4.69) is 17.3 Å². The van der Waals surface area contributed by atoms with Gasteiger partial charge in [-0.2, -0.15) is 0 Å². The maximum Gasteiger partial charge on any atom is 0.0547 e. The predicted octanol–water partition coefficient (Wildman–Crippen LogP) is 2.02. The van der Waals surface area contributed by atoms with Crippen LogP contribution in [-0.4, -0.2) is 50.3 Å². The lowest BCUT2D eigenvalue weighted by atomic mass is 9.86. The SMILES string of the molecule is CN(CC1(CNC2CC2)CCOC1)C1CCCC1. The highest BCUT2D eigenvalue weighted by molar-refractivity contribution is 4.93. The van der Waals surface area contributed by atoms with Crippen molar-refractivity contribution in [3.8, 4) is 0 Å². The van der Waals surface area contributed by atoms with E-state index in [-0.39, 0.29) is 0 Å². The summed E-state index contributed by atoms with van der Waals surface area (Å²) in [5, 5.41) is 3.73. The van der Waals surface area contributed by atoms with Crippen molar-refractivity contribution in [2.75, 3.05) is 33.4 Å². The van der Waals surface area contributed by atoms with Crippen LogP contribution >= 0.6 is 0 Å². The van der Waals surface area contributed by atoms with Crippen molar-refractivity contribution in [1.29, 1.82) is 0 Å². The smallest absolute Gasteiger partial charge is 0.0547 e. The normalized spacial score (nSPS) is 33.7. The van der Waals surface area contributed by atoms with Crippen LogP contribution in [0, 0.1) is 5.41 Å². The van der Waals surface area contributed by atoms with Crippen LogP contribution in [0.2, 0.25) is 0 Å². The summed E-state index contributed by atoms with van der Waals surface area (Å²) < 4.78 is 5.71. The molecule has 3 rings (SSSR count). The van der Waals surface area contributed by atoms with Crippen LogP contribution in [0.4, 0.5) is 0 Å². The quantitative estimate of drug-likeness (QED) is 0.783. The number of ether oxygens (including phenoxy) is 1. The molecule has 3 aliphatic rings. The fourth-order valence-electron chi connectivity index (χ4n) is 3.62. The fraction of sp³-hybridized carbons (Fsp3) is 1.00. The van der Waals surface area contributed by atoms with Crippen molar-refractivity contribution in [1.82, 2.24) is 10.2 Å². The van der Waals surface area contributed by atoms with Gasteiger partial charge in [0.1, 0.15) is 0 Å². The Balaban J connectivity index is 1.54. The molecule has 104 valence electrons. The van der Waals surface area contributed by atoms with Crippen molar-refractivity contribution in [2.45, 2.75) is 57.0 Å². The molecule has 1 heterocycles. The first-order chi connectivity index (χ1) is 8.77. The first-order valence-electron chi connectivity index (χ1n) is 7.79. The maximum absolute atomic E-state index is 5.71. The van der Waals surface area contributed by atoms with Gasteiger partial charge >= 0.3 is 0 Å². The van der Waals surface area contributed by atoms with E-state index >= 15 is 0 Å². The van der Waals surface area contributed by atoms with E-state index in [4.69, 9.17) is 4.74 Å². The topological polar surface area (TPSA) is 24.5 Å². The van der Waals surface area contributed by atoms with Gasteiger partial charge in [-0.05, 0) is 39.2 Å². The van der Waals surface area contributed by atoms with Gasteiger partial charge in [-0.3, -0.25) is 0 Å². The van der Waals surface area contributed by atoms with Crippen molar-refractivity contribution in [3.63, 3.8) is 0 Å². The Hall–Kier alpha value is -0.120. The molecule has 0 amide bonds. The zero-order valence-electron chi connectivity index (χ0n) is 11.8. The summed E-state index contributed by atoms with van der Waals surface area (Å²) in [7, 11) is 2.33. The predicted molar refractivity (Wildman–Crippen MR) is 73.8 cm³/mol. The Morgan fingerprint density at radius 1 is 1.22 bits per heavy atom. The molecule has 0 spiro atoms. The van der Waals surface area contributed by atoms with Crippen molar-refractivity contribution in [3.05, 3.63) is 0 Å². The van der Waals surface area contributed by atoms with Gasteiger partial charge < -0.3 is 15.0 Å². The van der Waals surface area contributed by atoms with Crippen molar-refractivity contribution < 1.29 is 4.74 Å². The molecule has 1 aliphatic heterocycles. The fourth-order valence-corrected chi connectivity index (χ4v) is 3.62. The second kappa shape index (κ2) is 5.48. The van der Waals surface area contributed by atoms with Gasteiger partial charge in [0, 0.05) is 37.2 Å². The second-order valence-electron chi connectivity index (χ2n) is 6.81. The van der Waals surface area contributed by atoms with Crippen LogP contribution in [0.15, 0.2) is 0 Å². The lowest BCUT2D eigenvalue weighted by Crippen LogP contribution is -2.46. The lowest BCUT2D eigenvalue weighted by Gasteiger charge is -2.35. The van der Waals surface area contributed by atoms with Crippen molar-refractivity contribution in [2.24, 2.45) is 5.41 Å². The summed E-state index contributed by atoms with van der Waals surface area (Å²) in [6.45, 7) is 4.31. The molecular formula is C15H28N2O. The molecule has 0 bridgehead atoms. The molecule has 0 aromatic rings. The van der Waals surface area contributed by atoms with E-state index in [0.29, 0.717) is 5.41 Å². The molecule has 1 saturated heterocycles. The largest absolute Gasteiger partial charge is 0.381 e. The minimum atomic E-state index is 0.389. The molecular weight excluding hydrogens is 224 g/mol. The third-order valence-electron chi connectivity index (χ3n) is 5.06. The minimum Gasteiger partial charge on any atom is -0.381 e. The highest BCUT2D eigenvalue weighted by Gasteiger charge is 2.38. The van der Waals surface area contributed by atoms with E-state index in [0.717, 1.165) is 31.8 Å². The summed E-state index contributed by atoms with van der Waals surface area (Å²) in [6.07, 6.45) is 9.68. The van der Waals surface area contributed by atoms with Gasteiger partial charge in [0.05, 0.1) is 6.61 Å². The Kier molecular flexibility index (Phi) is 3.92. The molecule has 18 heavy (non-hydrogen) atoms. The lowest BCUT2D eigenvalue weighted by molar-refractivity contribution is 0.101. The summed E-state index contributed by atoms with van der Waals surface area (Å²) >= 11 is 0. The highest BCUT2D eigenvalue weighted by atomic mass is 16.5. The molecule has 3 nitrogen and oxygen atoms in total. The Bertz CT molecular complexity index is 266. The molecule has 1 atom stereocenters. The van der Waals surface area contributed by atoms with Gasteiger partial charge in [0.25, 0.3) is 0 Å². The number of hydrogen-bond acceptors (Lipinski definition) is 3. The minimum absolute atomic E-state index is 0.389. The molecule has 0 aromatic heterocycles. The second-order valence-corrected chi connectivity index (χ2v) is 6.81. The monoisotopic (exact) mass is 252 g/mol. The van der Waals surface area contributed by atoms with E-state index < -0.39 is 0 Å². The summed E-state index contributed by atoms with van der Waals surface area (Å²) in [4.78, 5) is 2.62. The van der Waals surface area contributed by atoms with Gasteiger partial charge in [0.15, 0.2) is 0 Å². The molecule has 2 aliphatic carbocycles. The molecule has 0 radical (unpaired) electrons. The highest BCUT2D eigenvalue weighted by Crippen LogP contribution is 2.33. The molecule has 1 N–H and O–H groups in total.